The molecule has 7 heteroatoms. The van der Waals surface area contributed by atoms with Gasteiger partial charge in [0.2, 0.25) is 11.7 Å². The number of para-hydroxylation sites is 1. The first-order chi connectivity index (χ1) is 14.6. The molecule has 0 spiro atoms. The maximum Gasteiger partial charge on any atom is 0.249 e. The quantitative estimate of drug-likeness (QED) is 0.537. The lowest BCUT2D eigenvalue weighted by Gasteiger charge is -2.23. The van der Waals surface area contributed by atoms with E-state index in [1.807, 2.05) is 30.3 Å². The molecule has 3 aromatic rings. The first-order valence-electron chi connectivity index (χ1n) is 9.73. The lowest BCUT2D eigenvalue weighted by atomic mass is 9.88. The number of hydrogen-bond donors (Lipinski definition) is 1. The second kappa shape index (κ2) is 6.85. The van der Waals surface area contributed by atoms with Crippen LogP contribution in [0.15, 0.2) is 48.5 Å². The molecule has 1 amide bonds. The predicted molar refractivity (Wildman–Crippen MR) is 109 cm³/mol. The summed E-state index contributed by atoms with van der Waals surface area (Å²) >= 11 is 0. The van der Waals surface area contributed by atoms with Gasteiger partial charge in [0.15, 0.2) is 5.92 Å². The fourth-order valence-electron chi connectivity index (χ4n) is 4.44. The molecule has 0 fully saturated rings. The molecule has 7 nitrogen and oxygen atoms in total. The van der Waals surface area contributed by atoms with Crippen molar-refractivity contribution in [1.82, 2.24) is 9.78 Å². The number of nitrogens with one attached hydrogen (secondary N) is 1. The van der Waals surface area contributed by atoms with E-state index in [-0.39, 0.29) is 11.6 Å². The van der Waals surface area contributed by atoms with Crippen LogP contribution in [0.1, 0.15) is 34.0 Å². The number of fused-ring (bicyclic) bond motifs is 3. The molecular formula is C23H18N4O3. The zero-order chi connectivity index (χ0) is 20.8. The van der Waals surface area contributed by atoms with Gasteiger partial charge >= 0.3 is 0 Å². The van der Waals surface area contributed by atoms with Crippen molar-refractivity contribution in [2.45, 2.75) is 12.3 Å². The van der Waals surface area contributed by atoms with Crippen LogP contribution in [0.25, 0.3) is 11.3 Å². The smallest absolute Gasteiger partial charge is 0.249 e. The predicted octanol–water partition coefficient (Wildman–Crippen LogP) is 3.28. The molecule has 2 aromatic carbocycles. The Kier molecular flexibility index (Phi) is 4.14. The van der Waals surface area contributed by atoms with Gasteiger partial charge in [0.1, 0.15) is 11.4 Å². The van der Waals surface area contributed by atoms with Crippen molar-refractivity contribution in [3.63, 3.8) is 0 Å². The van der Waals surface area contributed by atoms with Crippen LogP contribution in [0.2, 0.25) is 0 Å². The van der Waals surface area contributed by atoms with Crippen molar-refractivity contribution >= 4 is 17.4 Å². The number of benzene rings is 2. The Labute approximate surface area is 172 Å². The number of nitrogens with zero attached hydrogens (tertiary/aromatic N) is 3. The van der Waals surface area contributed by atoms with Crippen LogP contribution in [0, 0.1) is 17.2 Å². The minimum atomic E-state index is -1.48. The number of hydrogen-bond acceptors (Lipinski definition) is 5. The maximum atomic E-state index is 13.3. The van der Waals surface area contributed by atoms with Crippen LogP contribution in [0.3, 0.4) is 0 Å². The van der Waals surface area contributed by atoms with E-state index in [4.69, 9.17) is 4.74 Å². The molecule has 2 aliphatic rings. The van der Waals surface area contributed by atoms with Crippen molar-refractivity contribution in [3.8, 4) is 23.1 Å². The third-order valence-corrected chi connectivity index (χ3v) is 5.69. The van der Waals surface area contributed by atoms with Gasteiger partial charge < -0.3 is 10.1 Å². The molecule has 1 N–H and O–H groups in total. The summed E-state index contributed by atoms with van der Waals surface area (Å²) < 4.78 is 7.46. The van der Waals surface area contributed by atoms with Crippen LogP contribution >= 0.6 is 0 Å². The SMILES string of the molecule is Cn1nc(C(=O)C(C#N)C(=O)Nc2ccccc2)c2c1-c1cccc3c1C2CCO3. The molecule has 2 heterocycles. The zero-order valence-electron chi connectivity index (χ0n) is 16.3. The standard InChI is InChI=1S/C23H18N4O3/c1-27-21-15-8-5-9-17-18(15)14(10-11-30-17)19(21)20(26-27)22(28)16(12-24)23(29)25-13-6-3-2-4-7-13/h2-9,14,16H,10-11H2,1H3,(H,25,29). The van der Waals surface area contributed by atoms with Crippen molar-refractivity contribution in [2.24, 2.45) is 13.0 Å². The minimum Gasteiger partial charge on any atom is -0.493 e. The monoisotopic (exact) mass is 398 g/mol. The van der Waals surface area contributed by atoms with Gasteiger partial charge in [0.25, 0.3) is 0 Å². The second-order valence-corrected chi connectivity index (χ2v) is 7.42. The lowest BCUT2D eigenvalue weighted by Crippen LogP contribution is -2.30. The highest BCUT2D eigenvalue weighted by Gasteiger charge is 2.42. The molecule has 2 atom stereocenters. The summed E-state index contributed by atoms with van der Waals surface area (Å²) in [5.41, 5.74) is 4.41. The van der Waals surface area contributed by atoms with Gasteiger partial charge in [-0.1, -0.05) is 30.3 Å². The number of ether oxygens (including phenoxy) is 1. The molecule has 1 aliphatic heterocycles. The highest BCUT2D eigenvalue weighted by molar-refractivity contribution is 6.16. The number of Topliss-reactive ketones (excluding diaryl/α,β-unsaturated/α-hetero) is 1. The summed E-state index contributed by atoms with van der Waals surface area (Å²) in [4.78, 5) is 26.0. The van der Waals surface area contributed by atoms with E-state index in [9.17, 15) is 14.9 Å². The number of carbonyl (C=O) groups is 2. The first-order valence-corrected chi connectivity index (χ1v) is 9.73. The van der Waals surface area contributed by atoms with E-state index >= 15 is 0 Å². The second-order valence-electron chi connectivity index (χ2n) is 7.42. The normalized spacial score (nSPS) is 16.6. The number of carbonyl (C=O) groups excluding carboxylic acids is 2. The van der Waals surface area contributed by atoms with Crippen LogP contribution in [-0.2, 0) is 11.8 Å². The van der Waals surface area contributed by atoms with Crippen molar-refractivity contribution in [2.75, 3.05) is 11.9 Å². The summed E-state index contributed by atoms with van der Waals surface area (Å²) in [6.45, 7) is 0.541. The molecule has 0 radical (unpaired) electrons. The van der Waals surface area contributed by atoms with Crippen LogP contribution in [0.5, 0.6) is 5.75 Å². The minimum absolute atomic E-state index is 0.0240. The van der Waals surface area contributed by atoms with E-state index in [0.717, 1.165) is 34.6 Å². The molecule has 1 aliphatic carbocycles. The fraction of sp³-hybridized carbons (Fsp3) is 0.217. The third-order valence-electron chi connectivity index (χ3n) is 5.69. The van der Waals surface area contributed by atoms with E-state index in [1.54, 1.807) is 36.0 Å². The maximum absolute atomic E-state index is 13.3. The topological polar surface area (TPSA) is 97.0 Å². The third kappa shape index (κ3) is 2.61. The number of anilines is 1. The Morgan fingerprint density at radius 2 is 2.00 bits per heavy atom. The highest BCUT2D eigenvalue weighted by atomic mass is 16.5. The molecule has 30 heavy (non-hydrogen) atoms. The molecular weight excluding hydrogens is 380 g/mol. The Bertz CT molecular complexity index is 1220. The number of rotatable bonds is 4. The van der Waals surface area contributed by atoms with Crippen LogP contribution in [0.4, 0.5) is 5.69 Å². The van der Waals surface area contributed by atoms with E-state index in [2.05, 4.69) is 10.4 Å². The van der Waals surface area contributed by atoms with Crippen LogP contribution in [-0.4, -0.2) is 28.1 Å². The number of amides is 1. The van der Waals surface area contributed by atoms with Gasteiger partial charge in [-0.15, -0.1) is 0 Å². The average Bonchev–Trinajstić information content (AvgIpc) is 3.27. The van der Waals surface area contributed by atoms with Gasteiger partial charge in [-0.25, -0.2) is 0 Å². The summed E-state index contributed by atoms with van der Waals surface area (Å²) in [6, 6.07) is 16.5. The summed E-state index contributed by atoms with van der Waals surface area (Å²) in [7, 11) is 1.78. The van der Waals surface area contributed by atoms with Gasteiger partial charge in [-0.2, -0.15) is 10.4 Å². The lowest BCUT2D eigenvalue weighted by molar-refractivity contribution is -0.117. The Hall–Kier alpha value is -3.92. The highest BCUT2D eigenvalue weighted by Crippen LogP contribution is 2.53. The van der Waals surface area contributed by atoms with Crippen molar-refractivity contribution in [1.29, 1.82) is 5.26 Å². The Balaban J connectivity index is 1.53. The summed E-state index contributed by atoms with van der Waals surface area (Å²) in [5.74, 6) is -1.92. The van der Waals surface area contributed by atoms with Gasteiger partial charge in [-0.05, 0) is 24.6 Å². The largest absolute Gasteiger partial charge is 0.493 e. The number of aryl methyl sites for hydroxylation is 1. The Morgan fingerprint density at radius 1 is 1.20 bits per heavy atom. The van der Waals surface area contributed by atoms with Crippen LogP contribution < -0.4 is 10.1 Å². The Morgan fingerprint density at radius 3 is 2.77 bits per heavy atom. The first kappa shape index (κ1) is 18.1. The van der Waals surface area contributed by atoms with E-state index < -0.39 is 17.6 Å². The van der Waals surface area contributed by atoms with Gasteiger partial charge in [0.05, 0.1) is 18.4 Å². The average molecular weight is 398 g/mol. The summed E-state index contributed by atoms with van der Waals surface area (Å²) in [5, 5.41) is 16.7. The fourth-order valence-corrected chi connectivity index (χ4v) is 4.44. The molecule has 1 aromatic heterocycles. The van der Waals surface area contributed by atoms with Gasteiger partial charge in [0, 0.05) is 35.3 Å². The molecule has 148 valence electrons. The number of aromatic nitrogens is 2. The molecule has 5 rings (SSSR count). The van der Waals surface area contributed by atoms with Gasteiger partial charge in [-0.3, -0.25) is 14.3 Å². The molecule has 2 unspecified atom stereocenters. The van der Waals surface area contributed by atoms with E-state index in [0.29, 0.717) is 12.3 Å². The zero-order valence-corrected chi connectivity index (χ0v) is 16.3. The van der Waals surface area contributed by atoms with Crippen molar-refractivity contribution < 1.29 is 14.3 Å². The van der Waals surface area contributed by atoms with Crippen molar-refractivity contribution in [3.05, 3.63) is 65.4 Å². The number of ketones is 1. The number of nitriles is 1. The molecule has 0 bridgehead atoms. The van der Waals surface area contributed by atoms with E-state index in [1.165, 1.54) is 0 Å². The summed E-state index contributed by atoms with van der Waals surface area (Å²) in [6.07, 6.45) is 0.719. The molecule has 0 saturated carbocycles. The molecule has 0 saturated heterocycles.